The lowest BCUT2D eigenvalue weighted by molar-refractivity contribution is -0.121. The Labute approximate surface area is 139 Å². The summed E-state index contributed by atoms with van der Waals surface area (Å²) < 4.78 is 5.57. The van der Waals surface area contributed by atoms with Crippen molar-refractivity contribution in [3.8, 4) is 5.75 Å². The normalized spacial score (nSPS) is 15.8. The lowest BCUT2D eigenvalue weighted by atomic mass is 9.97. The van der Waals surface area contributed by atoms with Crippen LogP contribution >= 0.6 is 0 Å². The van der Waals surface area contributed by atoms with E-state index >= 15 is 0 Å². The molecule has 1 aliphatic rings. The van der Waals surface area contributed by atoms with E-state index < -0.39 is 0 Å². The molecule has 0 saturated carbocycles. The molecule has 0 spiro atoms. The third kappa shape index (κ3) is 4.69. The number of nitrogens with zero attached hydrogens (tertiary/aromatic N) is 2. The van der Waals surface area contributed by atoms with Crippen LogP contribution in [0.5, 0.6) is 5.75 Å². The SMILES string of the molecule is CC(C)CC(N)c1ccc2c(c1)N(CCCN(C)C)C(=O)CO2. The summed E-state index contributed by atoms with van der Waals surface area (Å²) in [6.45, 7) is 6.10. The molecule has 23 heavy (non-hydrogen) atoms. The number of ether oxygens (including phenoxy) is 1. The minimum Gasteiger partial charge on any atom is -0.482 e. The van der Waals surface area contributed by atoms with Crippen molar-refractivity contribution in [3.63, 3.8) is 0 Å². The van der Waals surface area contributed by atoms with E-state index in [1.165, 1.54) is 0 Å². The van der Waals surface area contributed by atoms with Crippen molar-refractivity contribution >= 4 is 11.6 Å². The second-order valence-corrected chi connectivity index (χ2v) is 6.95. The van der Waals surface area contributed by atoms with E-state index in [2.05, 4.69) is 18.7 Å². The number of nitrogens with two attached hydrogens (primary N) is 1. The molecule has 5 heteroatoms. The molecular formula is C18H29N3O2. The molecule has 0 radical (unpaired) electrons. The zero-order valence-corrected chi connectivity index (χ0v) is 14.7. The van der Waals surface area contributed by atoms with Gasteiger partial charge in [0.15, 0.2) is 6.61 Å². The molecule has 2 N–H and O–H groups in total. The highest BCUT2D eigenvalue weighted by atomic mass is 16.5. The Balaban J connectivity index is 2.19. The molecule has 0 bridgehead atoms. The van der Waals surface area contributed by atoms with Gasteiger partial charge in [0.2, 0.25) is 0 Å². The van der Waals surface area contributed by atoms with E-state index in [9.17, 15) is 4.79 Å². The first-order valence-corrected chi connectivity index (χ1v) is 8.36. The van der Waals surface area contributed by atoms with Crippen LogP contribution in [0.3, 0.4) is 0 Å². The molecule has 0 aromatic heterocycles. The van der Waals surface area contributed by atoms with Crippen LogP contribution in [0, 0.1) is 5.92 Å². The van der Waals surface area contributed by atoms with Crippen LogP contribution < -0.4 is 15.4 Å². The van der Waals surface area contributed by atoms with E-state index in [-0.39, 0.29) is 18.6 Å². The standard InChI is InChI=1S/C18H29N3O2/c1-13(2)10-15(19)14-6-7-17-16(11-14)21(18(22)12-23-17)9-5-8-20(3)4/h6-7,11,13,15H,5,8-10,12,19H2,1-4H3. The van der Waals surface area contributed by atoms with E-state index in [0.29, 0.717) is 12.5 Å². The molecule has 1 heterocycles. The van der Waals surface area contributed by atoms with Gasteiger partial charge in [-0.1, -0.05) is 19.9 Å². The zero-order valence-electron chi connectivity index (χ0n) is 14.7. The molecule has 5 nitrogen and oxygen atoms in total. The van der Waals surface area contributed by atoms with Gasteiger partial charge >= 0.3 is 0 Å². The van der Waals surface area contributed by atoms with Crippen LogP contribution in [0.15, 0.2) is 18.2 Å². The van der Waals surface area contributed by atoms with Crippen molar-refractivity contribution in [2.75, 3.05) is 38.7 Å². The van der Waals surface area contributed by atoms with Crippen LogP contribution in [-0.4, -0.2) is 44.6 Å². The number of benzene rings is 1. The van der Waals surface area contributed by atoms with Crippen LogP contribution in [0.1, 0.15) is 38.3 Å². The van der Waals surface area contributed by atoms with Gasteiger partial charge in [0.25, 0.3) is 5.91 Å². The number of hydrogen-bond acceptors (Lipinski definition) is 4. The van der Waals surface area contributed by atoms with Gasteiger partial charge in [0, 0.05) is 12.6 Å². The Morgan fingerprint density at radius 2 is 2.09 bits per heavy atom. The number of carbonyl (C=O) groups excluding carboxylic acids is 1. The van der Waals surface area contributed by atoms with E-state index in [4.69, 9.17) is 10.5 Å². The maximum Gasteiger partial charge on any atom is 0.265 e. The predicted octanol–water partition coefficient (Wildman–Crippen LogP) is 2.41. The van der Waals surface area contributed by atoms with E-state index in [1.807, 2.05) is 37.2 Å². The molecule has 0 saturated heterocycles. The third-order valence-electron chi connectivity index (χ3n) is 4.07. The lowest BCUT2D eigenvalue weighted by Gasteiger charge is -2.30. The van der Waals surface area contributed by atoms with E-state index in [1.54, 1.807) is 0 Å². The Morgan fingerprint density at radius 1 is 1.35 bits per heavy atom. The number of carbonyl (C=O) groups is 1. The quantitative estimate of drug-likeness (QED) is 0.838. The van der Waals surface area contributed by atoms with Crippen molar-refractivity contribution in [1.82, 2.24) is 4.90 Å². The summed E-state index contributed by atoms with van der Waals surface area (Å²) in [5.74, 6) is 1.33. The molecule has 1 aromatic rings. The van der Waals surface area contributed by atoms with E-state index in [0.717, 1.165) is 36.4 Å². The molecule has 128 valence electrons. The van der Waals surface area contributed by atoms with Gasteiger partial charge in [-0.2, -0.15) is 0 Å². The Morgan fingerprint density at radius 3 is 2.74 bits per heavy atom. The lowest BCUT2D eigenvalue weighted by Crippen LogP contribution is -2.40. The van der Waals surface area contributed by atoms with Crippen LogP contribution in [0.4, 0.5) is 5.69 Å². The number of amides is 1. The van der Waals surface area contributed by atoms with Crippen molar-refractivity contribution < 1.29 is 9.53 Å². The van der Waals surface area contributed by atoms with Gasteiger partial charge in [0.1, 0.15) is 5.75 Å². The fourth-order valence-electron chi connectivity index (χ4n) is 2.88. The molecule has 1 amide bonds. The molecule has 0 aliphatic carbocycles. The predicted molar refractivity (Wildman–Crippen MR) is 93.8 cm³/mol. The molecule has 1 unspecified atom stereocenters. The highest BCUT2D eigenvalue weighted by molar-refractivity contribution is 5.97. The highest BCUT2D eigenvalue weighted by Crippen LogP contribution is 2.35. The molecular weight excluding hydrogens is 290 g/mol. The second kappa shape index (κ2) is 7.79. The van der Waals surface area contributed by atoms with Crippen LogP contribution in [-0.2, 0) is 4.79 Å². The topological polar surface area (TPSA) is 58.8 Å². The second-order valence-electron chi connectivity index (χ2n) is 6.95. The largest absolute Gasteiger partial charge is 0.482 e. The number of fused-ring (bicyclic) bond motifs is 1. The number of rotatable bonds is 7. The van der Waals surface area contributed by atoms with Crippen LogP contribution in [0.2, 0.25) is 0 Å². The maximum atomic E-state index is 12.2. The highest BCUT2D eigenvalue weighted by Gasteiger charge is 2.26. The smallest absolute Gasteiger partial charge is 0.265 e. The summed E-state index contributed by atoms with van der Waals surface area (Å²) in [5, 5.41) is 0. The molecule has 0 fully saturated rings. The Kier molecular flexibility index (Phi) is 6.02. The first kappa shape index (κ1) is 17.8. The summed E-state index contributed by atoms with van der Waals surface area (Å²) >= 11 is 0. The van der Waals surface area contributed by atoms with Gasteiger partial charge in [-0.25, -0.2) is 0 Å². The van der Waals surface area contributed by atoms with Crippen molar-refractivity contribution in [1.29, 1.82) is 0 Å². The minimum absolute atomic E-state index is 0.0130. The zero-order chi connectivity index (χ0) is 17.0. The first-order chi connectivity index (χ1) is 10.9. The average molecular weight is 319 g/mol. The summed E-state index contributed by atoms with van der Waals surface area (Å²) in [4.78, 5) is 16.2. The fraction of sp³-hybridized carbons (Fsp3) is 0.611. The van der Waals surface area contributed by atoms with Gasteiger partial charge < -0.3 is 20.3 Å². The van der Waals surface area contributed by atoms with Gasteiger partial charge in [-0.05, 0) is 57.1 Å². The maximum absolute atomic E-state index is 12.2. The minimum atomic E-state index is -0.0130. The first-order valence-electron chi connectivity index (χ1n) is 8.36. The molecule has 1 aromatic carbocycles. The summed E-state index contributed by atoms with van der Waals surface area (Å²) in [7, 11) is 4.08. The average Bonchev–Trinajstić information content (AvgIpc) is 2.48. The van der Waals surface area contributed by atoms with Gasteiger partial charge in [-0.3, -0.25) is 4.79 Å². The molecule has 2 rings (SSSR count). The number of anilines is 1. The summed E-state index contributed by atoms with van der Waals surface area (Å²) in [6.07, 6.45) is 1.86. The van der Waals surface area contributed by atoms with Crippen molar-refractivity contribution in [3.05, 3.63) is 23.8 Å². The van der Waals surface area contributed by atoms with Crippen LogP contribution in [0.25, 0.3) is 0 Å². The van der Waals surface area contributed by atoms with Crippen molar-refractivity contribution in [2.45, 2.75) is 32.7 Å². The summed E-state index contributed by atoms with van der Waals surface area (Å²) in [6, 6.07) is 5.96. The monoisotopic (exact) mass is 319 g/mol. The number of hydrogen-bond donors (Lipinski definition) is 1. The molecule has 1 atom stereocenters. The van der Waals surface area contributed by atoms with Gasteiger partial charge in [0.05, 0.1) is 5.69 Å². The molecule has 1 aliphatic heterocycles. The third-order valence-corrected chi connectivity index (χ3v) is 4.07. The Bertz CT molecular complexity index is 543. The van der Waals surface area contributed by atoms with Crippen molar-refractivity contribution in [2.24, 2.45) is 11.7 Å². The fourth-order valence-corrected chi connectivity index (χ4v) is 2.88. The summed E-state index contributed by atoms with van der Waals surface area (Å²) in [5.41, 5.74) is 8.22. The Hall–Kier alpha value is -1.59. The van der Waals surface area contributed by atoms with Gasteiger partial charge in [-0.15, -0.1) is 0 Å².